The highest BCUT2D eigenvalue weighted by molar-refractivity contribution is 5.37. The van der Waals surface area contributed by atoms with E-state index in [0.29, 0.717) is 17.7 Å². The van der Waals surface area contributed by atoms with Crippen LogP contribution in [0.5, 0.6) is 0 Å². The van der Waals surface area contributed by atoms with E-state index in [1.54, 1.807) is 0 Å². The second kappa shape index (κ2) is 4.74. The lowest BCUT2D eigenvalue weighted by Gasteiger charge is -2.17. The van der Waals surface area contributed by atoms with E-state index in [-0.39, 0.29) is 0 Å². The zero-order valence-electron chi connectivity index (χ0n) is 10.4. The largest absolute Gasteiger partial charge is 0.434 e. The Morgan fingerprint density at radius 3 is 2.44 bits per heavy atom. The molecule has 2 heterocycles. The van der Waals surface area contributed by atoms with Crippen LogP contribution in [0.3, 0.4) is 0 Å². The van der Waals surface area contributed by atoms with Crippen LogP contribution in [0.25, 0.3) is 0 Å². The Morgan fingerprint density at radius 1 is 1.28 bits per heavy atom. The summed E-state index contributed by atoms with van der Waals surface area (Å²) in [6, 6.07) is 0. The van der Waals surface area contributed by atoms with E-state index in [1.165, 1.54) is 6.20 Å². The number of anilines is 1. The number of rotatable bonds is 2. The van der Waals surface area contributed by atoms with Crippen LogP contribution in [0.4, 0.5) is 19.0 Å². The van der Waals surface area contributed by atoms with Gasteiger partial charge in [-0.2, -0.15) is 13.2 Å². The van der Waals surface area contributed by atoms with Gasteiger partial charge in [0, 0.05) is 13.1 Å². The molecule has 3 nitrogen and oxygen atoms in total. The summed E-state index contributed by atoms with van der Waals surface area (Å²) in [6.45, 7) is 5.96. The van der Waals surface area contributed by atoms with Crippen LogP contribution >= 0.6 is 0 Å². The van der Waals surface area contributed by atoms with Crippen LogP contribution in [0.15, 0.2) is 12.4 Å². The Labute approximate surface area is 104 Å². The molecular weight excluding hydrogens is 243 g/mol. The molecule has 1 aliphatic heterocycles. The van der Waals surface area contributed by atoms with Gasteiger partial charge in [0.2, 0.25) is 0 Å². The maximum absolute atomic E-state index is 12.4. The summed E-state index contributed by atoms with van der Waals surface area (Å²) in [7, 11) is 0. The molecule has 0 radical (unpaired) electrons. The highest BCUT2D eigenvalue weighted by Gasteiger charge is 2.34. The molecule has 1 saturated heterocycles. The second-order valence-electron chi connectivity index (χ2n) is 4.81. The van der Waals surface area contributed by atoms with E-state index in [4.69, 9.17) is 0 Å². The normalized spacial score (nSPS) is 24.6. The van der Waals surface area contributed by atoms with Gasteiger partial charge < -0.3 is 4.90 Å². The second-order valence-corrected chi connectivity index (χ2v) is 4.81. The van der Waals surface area contributed by atoms with Gasteiger partial charge in [-0.1, -0.05) is 20.3 Å². The minimum Gasteiger partial charge on any atom is -0.355 e. The fourth-order valence-corrected chi connectivity index (χ4v) is 2.38. The van der Waals surface area contributed by atoms with Crippen molar-refractivity contribution >= 4 is 5.82 Å². The van der Waals surface area contributed by atoms with Crippen LogP contribution in [-0.2, 0) is 6.18 Å². The third kappa shape index (κ3) is 2.57. The molecule has 1 aromatic rings. The predicted molar refractivity (Wildman–Crippen MR) is 62.2 cm³/mol. The summed E-state index contributed by atoms with van der Waals surface area (Å²) in [5.41, 5.74) is -0.939. The summed E-state index contributed by atoms with van der Waals surface area (Å²) in [5, 5.41) is 0. The van der Waals surface area contributed by atoms with E-state index in [2.05, 4.69) is 23.8 Å². The molecule has 0 amide bonds. The average Bonchev–Trinajstić information content (AvgIpc) is 2.69. The molecule has 0 N–H and O–H groups in total. The van der Waals surface area contributed by atoms with Gasteiger partial charge in [-0.15, -0.1) is 0 Å². The molecule has 0 aromatic carbocycles. The van der Waals surface area contributed by atoms with Crippen molar-refractivity contribution in [1.82, 2.24) is 9.97 Å². The van der Waals surface area contributed by atoms with Gasteiger partial charge in [0.05, 0.1) is 12.4 Å². The van der Waals surface area contributed by atoms with Crippen molar-refractivity contribution in [2.45, 2.75) is 26.4 Å². The Morgan fingerprint density at radius 2 is 2.00 bits per heavy atom. The van der Waals surface area contributed by atoms with Crippen molar-refractivity contribution < 1.29 is 13.2 Å². The molecule has 100 valence electrons. The van der Waals surface area contributed by atoms with Gasteiger partial charge in [0.25, 0.3) is 0 Å². The van der Waals surface area contributed by atoms with Crippen LogP contribution in [0, 0.1) is 11.8 Å². The van der Waals surface area contributed by atoms with E-state index < -0.39 is 11.9 Å². The minimum absolute atomic E-state index is 0.533. The maximum Gasteiger partial charge on any atom is 0.434 e. The molecule has 18 heavy (non-hydrogen) atoms. The molecular formula is C12H16F3N3. The van der Waals surface area contributed by atoms with Crippen molar-refractivity contribution in [2.75, 3.05) is 18.0 Å². The number of nitrogens with zero attached hydrogens (tertiary/aromatic N) is 3. The fraction of sp³-hybridized carbons (Fsp3) is 0.667. The first-order valence-electron chi connectivity index (χ1n) is 6.06. The molecule has 1 aromatic heterocycles. The molecule has 0 unspecified atom stereocenters. The summed E-state index contributed by atoms with van der Waals surface area (Å²) < 4.78 is 37.1. The predicted octanol–water partition coefficient (Wildman–Crippen LogP) is 2.98. The van der Waals surface area contributed by atoms with Crippen LogP contribution in [0.2, 0.25) is 0 Å². The molecule has 1 aliphatic rings. The molecule has 0 aliphatic carbocycles. The molecule has 0 spiro atoms. The van der Waals surface area contributed by atoms with Gasteiger partial charge in [0.1, 0.15) is 5.82 Å². The monoisotopic (exact) mass is 259 g/mol. The topological polar surface area (TPSA) is 29.0 Å². The van der Waals surface area contributed by atoms with Gasteiger partial charge in [-0.25, -0.2) is 9.97 Å². The smallest absolute Gasteiger partial charge is 0.355 e. The highest BCUT2D eigenvalue weighted by Crippen LogP contribution is 2.30. The summed E-state index contributed by atoms with van der Waals surface area (Å²) in [6.07, 6.45) is -1.33. The zero-order valence-corrected chi connectivity index (χ0v) is 10.4. The number of alkyl halides is 3. The lowest BCUT2D eigenvalue weighted by atomic mass is 9.96. The van der Waals surface area contributed by atoms with E-state index in [9.17, 15) is 13.2 Å². The van der Waals surface area contributed by atoms with E-state index >= 15 is 0 Å². The van der Waals surface area contributed by atoms with Gasteiger partial charge >= 0.3 is 6.18 Å². The van der Waals surface area contributed by atoms with E-state index in [0.717, 1.165) is 25.7 Å². The number of hydrogen-bond donors (Lipinski definition) is 0. The quantitative estimate of drug-likeness (QED) is 0.817. The Kier molecular flexibility index (Phi) is 3.45. The lowest BCUT2D eigenvalue weighted by Crippen LogP contribution is -2.22. The van der Waals surface area contributed by atoms with E-state index in [1.807, 2.05) is 4.90 Å². The van der Waals surface area contributed by atoms with Crippen molar-refractivity contribution in [3.05, 3.63) is 18.1 Å². The van der Waals surface area contributed by atoms with Crippen LogP contribution in [-0.4, -0.2) is 23.1 Å². The van der Waals surface area contributed by atoms with Gasteiger partial charge in [-0.05, 0) is 11.8 Å². The number of hydrogen-bond acceptors (Lipinski definition) is 3. The SMILES string of the molecule is CC[C@@H]1CN(c2cnc(C(F)(F)F)cn2)C[C@@H]1C. The lowest BCUT2D eigenvalue weighted by molar-refractivity contribution is -0.141. The third-order valence-electron chi connectivity index (χ3n) is 3.55. The first kappa shape index (κ1) is 13.1. The van der Waals surface area contributed by atoms with Crippen molar-refractivity contribution in [3.63, 3.8) is 0 Å². The first-order chi connectivity index (χ1) is 8.41. The summed E-state index contributed by atoms with van der Waals surface area (Å²) in [5.74, 6) is 1.65. The molecule has 2 rings (SSSR count). The standard InChI is InChI=1S/C12H16F3N3/c1-3-9-7-18(6-8(9)2)11-5-16-10(4-17-11)12(13,14)15/h4-5,8-9H,3,6-7H2,1-2H3/t8-,9+/m0/s1. The van der Waals surface area contributed by atoms with Gasteiger partial charge in [0.15, 0.2) is 5.69 Å². The first-order valence-corrected chi connectivity index (χ1v) is 6.06. The van der Waals surface area contributed by atoms with Crippen LogP contribution < -0.4 is 4.90 Å². The molecule has 2 atom stereocenters. The summed E-state index contributed by atoms with van der Waals surface area (Å²) in [4.78, 5) is 9.32. The molecule has 1 fully saturated rings. The third-order valence-corrected chi connectivity index (χ3v) is 3.55. The molecule has 0 bridgehead atoms. The Balaban J connectivity index is 2.12. The van der Waals surface area contributed by atoms with Crippen molar-refractivity contribution in [2.24, 2.45) is 11.8 Å². The minimum atomic E-state index is -4.42. The summed E-state index contributed by atoms with van der Waals surface area (Å²) >= 11 is 0. The zero-order chi connectivity index (χ0) is 13.3. The molecule has 6 heteroatoms. The fourth-order valence-electron chi connectivity index (χ4n) is 2.38. The Hall–Kier alpha value is -1.33. The number of halogens is 3. The van der Waals surface area contributed by atoms with Crippen molar-refractivity contribution in [3.8, 4) is 0 Å². The van der Waals surface area contributed by atoms with Gasteiger partial charge in [-0.3, -0.25) is 0 Å². The maximum atomic E-state index is 12.4. The van der Waals surface area contributed by atoms with Crippen molar-refractivity contribution in [1.29, 1.82) is 0 Å². The Bertz CT molecular complexity index is 402. The average molecular weight is 259 g/mol. The number of aromatic nitrogens is 2. The molecule has 0 saturated carbocycles. The highest BCUT2D eigenvalue weighted by atomic mass is 19.4. The van der Waals surface area contributed by atoms with Crippen LogP contribution in [0.1, 0.15) is 26.0 Å².